The molecule has 3 heteroatoms. The fourth-order valence-corrected chi connectivity index (χ4v) is 1.11. The standard InChI is InChI=1S/C14H11NO2/c1-4-13(11(2)3)8-5-12-6-9-14(10-7-12)15(16)17/h1,6-7,9-10H,2-3H3. The van der Waals surface area contributed by atoms with E-state index in [0.717, 1.165) is 5.57 Å². The van der Waals surface area contributed by atoms with Crippen LogP contribution in [-0.4, -0.2) is 4.92 Å². The third kappa shape index (κ3) is 3.52. The van der Waals surface area contributed by atoms with Gasteiger partial charge >= 0.3 is 0 Å². The highest BCUT2D eigenvalue weighted by Crippen LogP contribution is 2.11. The summed E-state index contributed by atoms with van der Waals surface area (Å²) >= 11 is 0. The van der Waals surface area contributed by atoms with Gasteiger partial charge in [0.25, 0.3) is 5.69 Å². The molecule has 0 radical (unpaired) electrons. The molecule has 1 aromatic rings. The van der Waals surface area contributed by atoms with Gasteiger partial charge in [-0.3, -0.25) is 10.1 Å². The molecule has 0 aliphatic heterocycles. The first-order valence-electron chi connectivity index (χ1n) is 4.95. The van der Waals surface area contributed by atoms with E-state index < -0.39 is 4.92 Å². The summed E-state index contributed by atoms with van der Waals surface area (Å²) in [5.41, 5.74) is 2.37. The highest BCUT2D eigenvalue weighted by molar-refractivity contribution is 5.50. The second kappa shape index (κ2) is 5.53. The molecule has 0 saturated heterocycles. The molecule has 0 heterocycles. The molecule has 0 fully saturated rings. The van der Waals surface area contributed by atoms with Gasteiger partial charge in [0.1, 0.15) is 0 Å². The Bertz CT molecular complexity index is 559. The first-order valence-corrected chi connectivity index (χ1v) is 4.95. The van der Waals surface area contributed by atoms with Crippen LogP contribution in [0.3, 0.4) is 0 Å². The van der Waals surface area contributed by atoms with Gasteiger partial charge in [-0.1, -0.05) is 23.3 Å². The summed E-state index contributed by atoms with van der Waals surface area (Å²) in [6.45, 7) is 3.78. The Kier molecular flexibility index (Phi) is 4.08. The van der Waals surface area contributed by atoms with Crippen LogP contribution in [0.15, 0.2) is 35.4 Å². The Balaban J connectivity index is 2.99. The molecule has 17 heavy (non-hydrogen) atoms. The lowest BCUT2D eigenvalue weighted by molar-refractivity contribution is -0.384. The highest BCUT2D eigenvalue weighted by Gasteiger charge is 2.02. The summed E-state index contributed by atoms with van der Waals surface area (Å²) in [5.74, 6) is 8.23. The topological polar surface area (TPSA) is 43.1 Å². The van der Waals surface area contributed by atoms with Crippen molar-refractivity contribution in [1.82, 2.24) is 0 Å². The zero-order chi connectivity index (χ0) is 12.8. The monoisotopic (exact) mass is 225 g/mol. The second-order valence-corrected chi connectivity index (χ2v) is 3.57. The molecule has 0 aliphatic rings. The van der Waals surface area contributed by atoms with Crippen LogP contribution >= 0.6 is 0 Å². The second-order valence-electron chi connectivity index (χ2n) is 3.57. The first kappa shape index (κ1) is 12.5. The summed E-state index contributed by atoms with van der Waals surface area (Å²) in [5, 5.41) is 10.4. The Hall–Kier alpha value is -2.52. The Labute approximate surface area is 100 Å². The van der Waals surface area contributed by atoms with Gasteiger partial charge in [-0.15, -0.1) is 6.42 Å². The zero-order valence-electron chi connectivity index (χ0n) is 9.65. The Morgan fingerprint density at radius 1 is 1.29 bits per heavy atom. The fourth-order valence-electron chi connectivity index (χ4n) is 1.11. The minimum absolute atomic E-state index is 0.0509. The SMILES string of the molecule is C#CC(C#Cc1ccc([N+](=O)[O-])cc1)=C(C)C. The van der Waals surface area contributed by atoms with Crippen LogP contribution in [0.2, 0.25) is 0 Å². The number of benzene rings is 1. The summed E-state index contributed by atoms with van der Waals surface area (Å²) in [7, 11) is 0. The number of nitro groups is 1. The fraction of sp³-hybridized carbons (Fsp3) is 0.143. The Morgan fingerprint density at radius 3 is 2.29 bits per heavy atom. The smallest absolute Gasteiger partial charge is 0.258 e. The van der Waals surface area contributed by atoms with Crippen molar-refractivity contribution < 1.29 is 4.92 Å². The van der Waals surface area contributed by atoms with E-state index in [1.165, 1.54) is 12.1 Å². The molecule has 1 rings (SSSR count). The maximum atomic E-state index is 10.4. The summed E-state index contributed by atoms with van der Waals surface area (Å²) in [6, 6.07) is 6.04. The van der Waals surface area contributed by atoms with Crippen molar-refractivity contribution in [3.05, 3.63) is 51.1 Å². The lowest BCUT2D eigenvalue weighted by atomic mass is 10.1. The zero-order valence-corrected chi connectivity index (χ0v) is 9.65. The first-order chi connectivity index (χ1) is 8.04. The minimum atomic E-state index is -0.444. The molecular weight excluding hydrogens is 214 g/mol. The van der Waals surface area contributed by atoms with Crippen LogP contribution in [0.5, 0.6) is 0 Å². The number of allylic oxidation sites excluding steroid dienone is 2. The van der Waals surface area contributed by atoms with Crippen molar-refractivity contribution in [2.45, 2.75) is 13.8 Å². The lowest BCUT2D eigenvalue weighted by Gasteiger charge is -1.92. The van der Waals surface area contributed by atoms with E-state index in [2.05, 4.69) is 17.8 Å². The van der Waals surface area contributed by atoms with Crippen molar-refractivity contribution in [2.24, 2.45) is 0 Å². The van der Waals surface area contributed by atoms with Crippen molar-refractivity contribution in [1.29, 1.82) is 0 Å². The number of hydrogen-bond acceptors (Lipinski definition) is 2. The maximum Gasteiger partial charge on any atom is 0.269 e. The summed E-state index contributed by atoms with van der Waals surface area (Å²) in [6.07, 6.45) is 5.30. The highest BCUT2D eigenvalue weighted by atomic mass is 16.6. The van der Waals surface area contributed by atoms with Crippen molar-refractivity contribution >= 4 is 5.69 Å². The number of nitrogens with zero attached hydrogens (tertiary/aromatic N) is 1. The van der Waals surface area contributed by atoms with E-state index in [4.69, 9.17) is 6.42 Å². The van der Waals surface area contributed by atoms with Gasteiger partial charge in [0.05, 0.1) is 10.5 Å². The van der Waals surface area contributed by atoms with Crippen molar-refractivity contribution in [3.63, 3.8) is 0 Å². The van der Waals surface area contributed by atoms with Gasteiger partial charge in [0, 0.05) is 17.7 Å². The summed E-state index contributed by atoms with van der Waals surface area (Å²) in [4.78, 5) is 10.0. The van der Waals surface area contributed by atoms with Gasteiger partial charge in [-0.25, -0.2) is 0 Å². The summed E-state index contributed by atoms with van der Waals surface area (Å²) < 4.78 is 0. The average Bonchev–Trinajstić information content (AvgIpc) is 2.30. The van der Waals surface area contributed by atoms with Gasteiger partial charge in [-0.2, -0.15) is 0 Å². The molecule has 3 nitrogen and oxygen atoms in total. The van der Waals surface area contributed by atoms with Crippen molar-refractivity contribution in [2.75, 3.05) is 0 Å². The average molecular weight is 225 g/mol. The molecular formula is C14H11NO2. The van der Waals surface area contributed by atoms with Crippen LogP contribution in [-0.2, 0) is 0 Å². The number of nitro benzene ring substituents is 1. The van der Waals surface area contributed by atoms with Crippen LogP contribution in [0.25, 0.3) is 0 Å². The molecule has 0 aliphatic carbocycles. The molecule has 84 valence electrons. The molecule has 1 aromatic carbocycles. The van der Waals surface area contributed by atoms with E-state index in [1.807, 2.05) is 13.8 Å². The van der Waals surface area contributed by atoms with E-state index in [9.17, 15) is 10.1 Å². The quantitative estimate of drug-likeness (QED) is 0.419. The number of hydrogen-bond donors (Lipinski definition) is 0. The number of rotatable bonds is 1. The Morgan fingerprint density at radius 2 is 1.88 bits per heavy atom. The van der Waals surface area contributed by atoms with Crippen LogP contribution in [0, 0.1) is 34.3 Å². The third-order valence-electron chi connectivity index (χ3n) is 2.05. The van der Waals surface area contributed by atoms with Crippen LogP contribution in [0.4, 0.5) is 5.69 Å². The van der Waals surface area contributed by atoms with E-state index in [1.54, 1.807) is 12.1 Å². The van der Waals surface area contributed by atoms with E-state index >= 15 is 0 Å². The van der Waals surface area contributed by atoms with E-state index in [-0.39, 0.29) is 5.69 Å². The molecule has 0 unspecified atom stereocenters. The molecule has 0 N–H and O–H groups in total. The van der Waals surface area contributed by atoms with Crippen molar-refractivity contribution in [3.8, 4) is 24.2 Å². The molecule has 0 bridgehead atoms. The minimum Gasteiger partial charge on any atom is -0.258 e. The molecule has 0 saturated carbocycles. The molecule has 0 amide bonds. The van der Waals surface area contributed by atoms with Gasteiger partial charge in [0.15, 0.2) is 0 Å². The lowest BCUT2D eigenvalue weighted by Crippen LogP contribution is -1.87. The number of terminal acetylenes is 1. The van der Waals surface area contributed by atoms with Crippen LogP contribution in [0.1, 0.15) is 19.4 Å². The molecule has 0 atom stereocenters. The molecule has 0 aromatic heterocycles. The largest absolute Gasteiger partial charge is 0.269 e. The predicted octanol–water partition coefficient (Wildman–Crippen LogP) is 2.92. The number of non-ortho nitro benzene ring substituents is 1. The molecule has 0 spiro atoms. The maximum absolute atomic E-state index is 10.4. The van der Waals surface area contributed by atoms with Gasteiger partial charge in [-0.05, 0) is 26.0 Å². The van der Waals surface area contributed by atoms with Crippen LogP contribution < -0.4 is 0 Å². The third-order valence-corrected chi connectivity index (χ3v) is 2.05. The predicted molar refractivity (Wildman–Crippen MR) is 67.2 cm³/mol. The van der Waals surface area contributed by atoms with Gasteiger partial charge < -0.3 is 0 Å². The van der Waals surface area contributed by atoms with E-state index in [0.29, 0.717) is 11.1 Å². The normalized spacial score (nSPS) is 8.53. The van der Waals surface area contributed by atoms with Gasteiger partial charge in [0.2, 0.25) is 0 Å².